The number of anilines is 2. The number of urea groups is 4. The van der Waals surface area contributed by atoms with E-state index in [-0.39, 0.29) is 26.3 Å². The number of amides is 12. The summed E-state index contributed by atoms with van der Waals surface area (Å²) < 4.78 is 24.1. The van der Waals surface area contributed by atoms with Crippen LogP contribution >= 0.6 is 40.1 Å². The zero-order valence-electron chi connectivity index (χ0n) is 31.7. The van der Waals surface area contributed by atoms with Crippen LogP contribution < -0.4 is 42.8 Å². The van der Waals surface area contributed by atoms with Gasteiger partial charge >= 0.3 is 32.4 Å². The molecule has 0 bridgehead atoms. The number of nitrogens with one attached hydrogen (secondary N) is 8. The van der Waals surface area contributed by atoms with Gasteiger partial charge in [0.25, 0.3) is 11.8 Å². The van der Waals surface area contributed by atoms with Gasteiger partial charge in [0.05, 0.1) is 26.1 Å². The number of halogens is 2. The highest BCUT2D eigenvalue weighted by atomic mass is 79.9. The van der Waals surface area contributed by atoms with Gasteiger partial charge in [-0.25, -0.2) is 30.0 Å². The van der Waals surface area contributed by atoms with Gasteiger partial charge in [-0.15, -0.1) is 0 Å². The number of rotatable bonds is 18. The summed E-state index contributed by atoms with van der Waals surface area (Å²) in [6, 6.07) is 9.58. The predicted octanol–water partition coefficient (Wildman–Crippen LogP) is 3.31. The molecule has 2 unspecified atom stereocenters. The fraction of sp³-hybridized carbons (Fsp3) is 0.412. The normalized spacial score (nSPS) is 19.4. The lowest BCUT2D eigenvalue weighted by Crippen LogP contribution is -2.55. The van der Waals surface area contributed by atoms with Crippen LogP contribution in [0.15, 0.2) is 57.5 Å². The van der Waals surface area contributed by atoms with Gasteiger partial charge in [0.15, 0.2) is 0 Å². The Morgan fingerprint density at radius 3 is 1.33 bits per heavy atom. The van der Waals surface area contributed by atoms with Crippen molar-refractivity contribution in [2.24, 2.45) is 11.8 Å². The molecule has 4 rings (SSSR count). The Morgan fingerprint density at radius 2 is 1.00 bits per heavy atom. The molecule has 12 amide bonds. The van der Waals surface area contributed by atoms with Crippen molar-refractivity contribution in [3.63, 3.8) is 0 Å². The Labute approximate surface area is 349 Å². The second-order valence-corrected chi connectivity index (χ2v) is 16.4. The van der Waals surface area contributed by atoms with Crippen molar-refractivity contribution in [2.45, 2.75) is 51.6 Å². The highest BCUT2D eigenvalue weighted by Gasteiger charge is 2.56. The topological polar surface area (TPSA) is 275 Å². The molecule has 0 aliphatic carbocycles. The van der Waals surface area contributed by atoms with E-state index in [1.165, 1.54) is 0 Å². The predicted molar refractivity (Wildman–Crippen MR) is 215 cm³/mol. The van der Waals surface area contributed by atoms with Crippen molar-refractivity contribution in [3.8, 4) is 0 Å². The van der Waals surface area contributed by atoms with Crippen molar-refractivity contribution < 1.29 is 52.0 Å². The molecule has 2 aliphatic rings. The van der Waals surface area contributed by atoms with E-state index in [4.69, 9.17) is 9.05 Å². The van der Waals surface area contributed by atoms with E-state index in [0.29, 0.717) is 21.4 Å². The molecule has 24 heteroatoms. The monoisotopic (exact) mass is 956 g/mol. The molecule has 58 heavy (non-hydrogen) atoms. The fourth-order valence-electron chi connectivity index (χ4n) is 5.73. The van der Waals surface area contributed by atoms with Crippen LogP contribution in [0.4, 0.5) is 30.6 Å². The number of imide groups is 2. The van der Waals surface area contributed by atoms with Crippen molar-refractivity contribution in [1.29, 1.82) is 0 Å². The third-order valence-electron chi connectivity index (χ3n) is 9.00. The Balaban J connectivity index is 1.15. The van der Waals surface area contributed by atoms with Gasteiger partial charge in [0, 0.05) is 33.4 Å². The highest BCUT2D eigenvalue weighted by Crippen LogP contribution is 2.30. The number of benzene rings is 2. The van der Waals surface area contributed by atoms with E-state index in [2.05, 4.69) is 74.6 Å². The first-order valence-electron chi connectivity index (χ1n) is 17.7. The molecule has 2 aliphatic heterocycles. The summed E-state index contributed by atoms with van der Waals surface area (Å²) in [5.74, 6) is -4.11. The molecule has 2 atom stereocenters. The third-order valence-corrected chi connectivity index (χ3v) is 10.9. The maximum Gasteiger partial charge on any atom is 0.344 e. The van der Waals surface area contributed by atoms with Gasteiger partial charge in [-0.05, 0) is 60.4 Å². The molecule has 2 saturated heterocycles. The molecular formula is C34H43Br2N10O11P. The van der Waals surface area contributed by atoms with Gasteiger partial charge in [-0.1, -0.05) is 59.6 Å². The van der Waals surface area contributed by atoms with E-state index in [9.17, 15) is 42.9 Å². The number of nitrogens with zero attached hydrogens (tertiary/aromatic N) is 2. The summed E-state index contributed by atoms with van der Waals surface area (Å²) in [5.41, 5.74) is 1.86. The largest absolute Gasteiger partial charge is 0.354 e. The smallest absolute Gasteiger partial charge is 0.344 e. The van der Waals surface area contributed by atoms with Crippen LogP contribution in [0.1, 0.15) is 40.5 Å². The second kappa shape index (κ2) is 20.1. The first kappa shape index (κ1) is 45.6. The Morgan fingerprint density at radius 1 is 0.655 bits per heavy atom. The second-order valence-electron chi connectivity index (χ2n) is 13.5. The number of carbonyl (C=O) groups is 8. The minimum Gasteiger partial charge on any atom is -0.354 e. The molecule has 2 aromatic carbocycles. The molecule has 0 spiro atoms. The van der Waals surface area contributed by atoms with Crippen LogP contribution in [0.3, 0.4) is 0 Å². The molecule has 2 heterocycles. The molecule has 0 aromatic heterocycles. The molecule has 2 fully saturated rings. The van der Waals surface area contributed by atoms with E-state index < -0.39 is 91.8 Å². The Hall–Kier alpha value is -5.09. The van der Waals surface area contributed by atoms with Gasteiger partial charge in [-0.3, -0.25) is 23.7 Å². The van der Waals surface area contributed by atoms with E-state index in [0.717, 1.165) is 8.95 Å². The van der Waals surface area contributed by atoms with Crippen LogP contribution in [0, 0.1) is 11.8 Å². The Bertz CT molecular complexity index is 1800. The SMILES string of the molecule is CC(C)C1(CC(=O)NCCO[PH](=O)OCCNC(=O)CC2(C(C)C)NC(=O)N(NC(=O)Nc3ccc(Br)cc3)C2=O)NC(=O)N(NC(=O)Nc2ccc(Br)cc2)C1=O. The molecule has 0 saturated carbocycles. The van der Waals surface area contributed by atoms with Crippen molar-refractivity contribution in [3.05, 3.63) is 57.5 Å². The van der Waals surface area contributed by atoms with Gasteiger partial charge < -0.3 is 40.9 Å². The fourth-order valence-corrected chi connectivity index (χ4v) is 6.88. The molecule has 8 N–H and O–H groups in total. The van der Waals surface area contributed by atoms with Crippen molar-refractivity contribution in [1.82, 2.24) is 42.1 Å². The number of hydrogen-bond donors (Lipinski definition) is 8. The van der Waals surface area contributed by atoms with Crippen LogP contribution in [-0.4, -0.2) is 95.2 Å². The summed E-state index contributed by atoms with van der Waals surface area (Å²) in [6.45, 7) is 5.72. The standard InChI is InChI=1S/C34H43Br2N10O11P/c1-19(2)33(27(49)45(31(53)41-33)43-29(51)39-23-9-5-21(35)6-10-23)17-25(47)37-13-15-56-58(55)57-16-14-38-26(48)18-34(20(3)4)28(50)46(32(54)42-34)44-30(52)40-24-11-7-22(36)8-12-24/h5-12,19-20,58H,13-18H2,1-4H3,(H,37,47)(H,38,48)(H,41,53)(H,42,54)(H2,39,43,51)(H2,40,44,52). The maximum atomic E-state index is 13.4. The van der Waals surface area contributed by atoms with Gasteiger partial charge in [-0.2, -0.15) is 10.0 Å². The van der Waals surface area contributed by atoms with Crippen LogP contribution in [0.2, 0.25) is 0 Å². The Kier molecular flexibility index (Phi) is 15.8. The maximum absolute atomic E-state index is 13.4. The minimum atomic E-state index is -3.08. The third kappa shape index (κ3) is 11.5. The zero-order valence-corrected chi connectivity index (χ0v) is 35.8. The lowest BCUT2D eigenvalue weighted by molar-refractivity contribution is -0.138. The average molecular weight is 959 g/mol. The number of hydrogen-bond acceptors (Lipinski definition) is 11. The summed E-state index contributed by atoms with van der Waals surface area (Å²) in [4.78, 5) is 103. The highest BCUT2D eigenvalue weighted by molar-refractivity contribution is 9.10. The zero-order chi connectivity index (χ0) is 42.8. The lowest BCUT2D eigenvalue weighted by Gasteiger charge is -2.30. The number of carbonyl (C=O) groups excluding carboxylic acids is 8. The van der Waals surface area contributed by atoms with Gasteiger partial charge in [0.1, 0.15) is 11.1 Å². The summed E-state index contributed by atoms with van der Waals surface area (Å²) in [7, 11) is -3.08. The summed E-state index contributed by atoms with van der Waals surface area (Å²) >= 11 is 6.57. The molecular weight excluding hydrogens is 915 g/mol. The average Bonchev–Trinajstić information content (AvgIpc) is 3.54. The molecule has 2 aromatic rings. The van der Waals surface area contributed by atoms with E-state index >= 15 is 0 Å². The van der Waals surface area contributed by atoms with Gasteiger partial charge in [0.2, 0.25) is 11.8 Å². The minimum absolute atomic E-state index is 0.141. The van der Waals surface area contributed by atoms with Crippen molar-refractivity contribution in [2.75, 3.05) is 36.9 Å². The quantitative estimate of drug-likeness (QED) is 0.0610. The van der Waals surface area contributed by atoms with Crippen LogP contribution in [0.25, 0.3) is 0 Å². The first-order valence-corrected chi connectivity index (χ1v) is 20.5. The molecule has 0 radical (unpaired) electrons. The van der Waals surface area contributed by atoms with E-state index in [1.54, 1.807) is 76.2 Å². The first-order chi connectivity index (χ1) is 27.4. The van der Waals surface area contributed by atoms with Crippen LogP contribution in [-0.2, 0) is 32.8 Å². The summed E-state index contributed by atoms with van der Waals surface area (Å²) in [6.07, 6.45) is -0.950. The molecule has 21 nitrogen and oxygen atoms in total. The lowest BCUT2D eigenvalue weighted by atomic mass is 9.83. The van der Waals surface area contributed by atoms with Crippen LogP contribution in [0.5, 0.6) is 0 Å². The van der Waals surface area contributed by atoms with Crippen molar-refractivity contribution >= 4 is 99.2 Å². The summed E-state index contributed by atoms with van der Waals surface area (Å²) in [5, 5.41) is 16.1. The number of hydrazine groups is 2. The molecule has 314 valence electrons. The van der Waals surface area contributed by atoms with E-state index in [1.807, 2.05) is 0 Å².